The summed E-state index contributed by atoms with van der Waals surface area (Å²) in [7, 11) is 0. The summed E-state index contributed by atoms with van der Waals surface area (Å²) in [5, 5.41) is 1.23. The highest BCUT2D eigenvalue weighted by Crippen LogP contribution is 2.20. The van der Waals surface area contributed by atoms with E-state index in [4.69, 9.17) is 9.97 Å². The average molecular weight is 408 g/mol. The van der Waals surface area contributed by atoms with Crippen molar-refractivity contribution in [2.45, 2.75) is 20.0 Å². The Morgan fingerprint density at radius 1 is 1.00 bits per heavy atom. The van der Waals surface area contributed by atoms with Gasteiger partial charge < -0.3 is 9.80 Å². The third-order valence-electron chi connectivity index (χ3n) is 5.70. The van der Waals surface area contributed by atoms with Gasteiger partial charge in [0.1, 0.15) is 55.6 Å². The van der Waals surface area contributed by atoms with Crippen LogP contribution in [0.5, 0.6) is 0 Å². The minimum Gasteiger partial charge on any atom is -0.321 e. The number of piperazine rings is 1. The van der Waals surface area contributed by atoms with Crippen LogP contribution in [-0.4, -0.2) is 40.5 Å². The third-order valence-corrected chi connectivity index (χ3v) is 6.73. The zero-order chi connectivity index (χ0) is 19.8. The first-order valence-electron chi connectivity index (χ1n) is 10.1. The number of nitrogens with zero attached hydrogens (tertiary/aromatic N) is 3. The summed E-state index contributed by atoms with van der Waals surface area (Å²) >= 11 is 1.81. The highest BCUT2D eigenvalue weighted by molar-refractivity contribution is 7.18. The summed E-state index contributed by atoms with van der Waals surface area (Å²) in [4.78, 5) is 25.0. The van der Waals surface area contributed by atoms with Gasteiger partial charge in [-0.25, -0.2) is 9.97 Å². The van der Waals surface area contributed by atoms with Gasteiger partial charge in [-0.1, -0.05) is 18.2 Å². The van der Waals surface area contributed by atoms with Crippen LogP contribution in [0.25, 0.3) is 15.9 Å². The molecule has 6 nitrogen and oxygen atoms in total. The largest absolute Gasteiger partial charge is 0.321 e. The maximum Gasteiger partial charge on any atom is 0.258 e. The van der Waals surface area contributed by atoms with Crippen LogP contribution in [0.1, 0.15) is 16.3 Å². The third kappa shape index (κ3) is 3.94. The van der Waals surface area contributed by atoms with Crippen molar-refractivity contribution >= 4 is 27.2 Å². The number of aromatic nitrogens is 3. The van der Waals surface area contributed by atoms with Gasteiger partial charge >= 0.3 is 0 Å². The summed E-state index contributed by atoms with van der Waals surface area (Å²) < 4.78 is 2.91. The molecule has 0 amide bonds. The van der Waals surface area contributed by atoms with Crippen LogP contribution in [0, 0.1) is 6.92 Å². The molecule has 3 aromatic heterocycles. The van der Waals surface area contributed by atoms with Gasteiger partial charge in [0.05, 0.1) is 10.2 Å². The van der Waals surface area contributed by atoms with E-state index < -0.39 is 0 Å². The van der Waals surface area contributed by atoms with Crippen LogP contribution in [-0.2, 0) is 13.1 Å². The molecule has 2 N–H and O–H groups in total. The maximum atomic E-state index is 12.4. The molecule has 0 spiro atoms. The molecule has 1 aromatic carbocycles. The summed E-state index contributed by atoms with van der Waals surface area (Å²) in [5.74, 6) is 0. The molecule has 0 saturated carbocycles. The fraction of sp³-hybridized carbons (Fsp3) is 0.318. The predicted octanol–water partition coefficient (Wildman–Crippen LogP) is 0.0962. The fourth-order valence-electron chi connectivity index (χ4n) is 4.12. The molecule has 0 radical (unpaired) electrons. The highest BCUT2D eigenvalue weighted by atomic mass is 32.1. The Hall–Kier alpha value is -2.61. The number of nitrogens with one attached hydrogen (secondary N) is 2. The average Bonchev–Trinajstić information content (AvgIpc) is 3.12. The van der Waals surface area contributed by atoms with E-state index in [0.29, 0.717) is 0 Å². The van der Waals surface area contributed by atoms with Crippen molar-refractivity contribution in [3.63, 3.8) is 0 Å². The van der Waals surface area contributed by atoms with E-state index in [-0.39, 0.29) is 5.56 Å². The summed E-state index contributed by atoms with van der Waals surface area (Å²) in [5.41, 5.74) is 3.81. The van der Waals surface area contributed by atoms with Gasteiger partial charge in [0.25, 0.3) is 5.56 Å². The molecule has 1 fully saturated rings. The maximum absolute atomic E-state index is 12.4. The lowest BCUT2D eigenvalue weighted by Gasteiger charge is -2.29. The van der Waals surface area contributed by atoms with Crippen molar-refractivity contribution in [2.24, 2.45) is 0 Å². The number of pyridine rings is 1. The number of hydrogen-bond acceptors (Lipinski definition) is 4. The van der Waals surface area contributed by atoms with Crippen molar-refractivity contribution in [1.29, 1.82) is 0 Å². The standard InChI is InChI=1S/C22H23N5OS/c1-16-6-7-20-23-17(12-22(28)27(20)13-16)14-25-8-10-26(11-9-25)15-21-24-18-4-2-3-5-19(18)29-21/h2-7,12-13H,8-11,14-15H2,1H3/p+2. The zero-order valence-corrected chi connectivity index (χ0v) is 17.3. The second kappa shape index (κ2) is 7.67. The lowest BCUT2D eigenvalue weighted by molar-refractivity contribution is -1.02. The van der Waals surface area contributed by atoms with E-state index in [0.717, 1.165) is 61.7 Å². The number of quaternary nitrogens is 2. The molecule has 1 aliphatic heterocycles. The Balaban J connectivity index is 1.22. The monoisotopic (exact) mass is 407 g/mol. The highest BCUT2D eigenvalue weighted by Gasteiger charge is 2.24. The van der Waals surface area contributed by atoms with E-state index >= 15 is 0 Å². The molecule has 7 heteroatoms. The molecule has 0 atom stereocenters. The Morgan fingerprint density at radius 3 is 2.55 bits per heavy atom. The Labute approximate surface area is 173 Å². The number of aryl methyl sites for hydroxylation is 1. The smallest absolute Gasteiger partial charge is 0.258 e. The van der Waals surface area contributed by atoms with Gasteiger partial charge in [0.15, 0.2) is 0 Å². The first kappa shape index (κ1) is 18.4. The van der Waals surface area contributed by atoms with Gasteiger partial charge in [-0.3, -0.25) is 9.20 Å². The number of hydrogen-bond donors (Lipinski definition) is 2. The topological polar surface area (TPSA) is 56.1 Å². The number of rotatable bonds is 4. The van der Waals surface area contributed by atoms with Gasteiger partial charge in [0.2, 0.25) is 0 Å². The molecule has 0 aliphatic carbocycles. The fourth-order valence-corrected chi connectivity index (χ4v) is 5.16. The van der Waals surface area contributed by atoms with Crippen LogP contribution in [0.15, 0.2) is 53.5 Å². The first-order valence-corrected chi connectivity index (χ1v) is 11.0. The van der Waals surface area contributed by atoms with E-state index in [2.05, 4.69) is 24.3 Å². The number of fused-ring (bicyclic) bond motifs is 2. The molecule has 5 rings (SSSR count). The van der Waals surface area contributed by atoms with Crippen LogP contribution in [0.4, 0.5) is 0 Å². The minimum atomic E-state index is 0.00759. The second-order valence-electron chi connectivity index (χ2n) is 7.95. The summed E-state index contributed by atoms with van der Waals surface area (Å²) in [6, 6.07) is 14.0. The quantitative estimate of drug-likeness (QED) is 0.505. The van der Waals surface area contributed by atoms with E-state index in [1.807, 2.05) is 36.6 Å². The number of benzene rings is 1. The van der Waals surface area contributed by atoms with E-state index in [9.17, 15) is 4.79 Å². The van der Waals surface area contributed by atoms with Crippen LogP contribution in [0.3, 0.4) is 0 Å². The van der Waals surface area contributed by atoms with Crippen LogP contribution in [0.2, 0.25) is 0 Å². The lowest BCUT2D eigenvalue weighted by Crippen LogP contribution is -3.27. The summed E-state index contributed by atoms with van der Waals surface area (Å²) in [6.45, 7) is 8.23. The number of thiazole rings is 1. The van der Waals surface area contributed by atoms with Crippen molar-refractivity contribution in [2.75, 3.05) is 26.2 Å². The minimum absolute atomic E-state index is 0.00759. The summed E-state index contributed by atoms with van der Waals surface area (Å²) in [6.07, 6.45) is 1.85. The molecule has 148 valence electrons. The molecule has 0 bridgehead atoms. The Morgan fingerprint density at radius 2 is 1.76 bits per heavy atom. The van der Waals surface area contributed by atoms with Gasteiger partial charge in [-0.05, 0) is 30.7 Å². The Bertz CT molecular complexity index is 1190. The molecule has 1 saturated heterocycles. The second-order valence-corrected chi connectivity index (χ2v) is 9.06. The normalized spacial score (nSPS) is 19.8. The Kier molecular flexibility index (Phi) is 4.87. The van der Waals surface area contributed by atoms with Crippen molar-refractivity contribution in [1.82, 2.24) is 14.4 Å². The molecule has 4 heterocycles. The van der Waals surface area contributed by atoms with E-state index in [1.165, 1.54) is 14.6 Å². The van der Waals surface area contributed by atoms with E-state index in [1.54, 1.807) is 15.4 Å². The molecule has 1 aliphatic rings. The SMILES string of the molecule is Cc1ccc2nc(C[NH+]3CC[NH+](Cc4nc5ccccc5s4)CC3)cc(=O)n2c1. The van der Waals surface area contributed by atoms with Gasteiger partial charge in [-0.2, -0.15) is 0 Å². The van der Waals surface area contributed by atoms with Crippen molar-refractivity contribution in [3.8, 4) is 0 Å². The van der Waals surface area contributed by atoms with Crippen LogP contribution >= 0.6 is 11.3 Å². The van der Waals surface area contributed by atoms with Gasteiger partial charge in [0, 0.05) is 12.3 Å². The predicted molar refractivity (Wildman–Crippen MR) is 115 cm³/mol. The van der Waals surface area contributed by atoms with Crippen molar-refractivity contribution in [3.05, 3.63) is 75.3 Å². The van der Waals surface area contributed by atoms with Crippen LogP contribution < -0.4 is 15.4 Å². The molecule has 4 aromatic rings. The molecular formula is C22H25N5OS+2. The molecule has 29 heavy (non-hydrogen) atoms. The number of para-hydroxylation sites is 1. The lowest BCUT2D eigenvalue weighted by atomic mass is 10.2. The zero-order valence-electron chi connectivity index (χ0n) is 16.5. The molecular weight excluding hydrogens is 382 g/mol. The van der Waals surface area contributed by atoms with Crippen molar-refractivity contribution < 1.29 is 9.80 Å². The first-order chi connectivity index (χ1) is 14.1. The molecule has 0 unspecified atom stereocenters. The van der Waals surface area contributed by atoms with Gasteiger partial charge in [-0.15, -0.1) is 11.3 Å².